The van der Waals surface area contributed by atoms with Crippen LogP contribution in [0.4, 0.5) is 0 Å². The van der Waals surface area contributed by atoms with Crippen LogP contribution < -0.4 is 21.3 Å². The second kappa shape index (κ2) is 3.14. The third kappa shape index (κ3) is 1.20. The summed E-state index contributed by atoms with van der Waals surface area (Å²) in [6, 6.07) is 3.01. The summed E-state index contributed by atoms with van der Waals surface area (Å²) in [6.07, 6.45) is 10.7. The maximum Gasteiger partial charge on any atom is 0.194 e. The number of fused-ring (bicyclic) bond motifs is 2. The molecule has 0 saturated heterocycles. The molecule has 0 heterocycles. The van der Waals surface area contributed by atoms with Gasteiger partial charge in [0.05, 0.1) is 0 Å². The van der Waals surface area contributed by atoms with Crippen LogP contribution >= 0.6 is 0 Å². The molecule has 2 aliphatic carbocycles. The highest BCUT2D eigenvalue weighted by Crippen LogP contribution is 1.99. The standard InChI is InChI=1S/C14H8O2/c15-11-7-9-3-1-5-12(9)14(16)13-6-2-4-10(13)8-11/h1-8H. The number of allylic oxidation sites excluding steroid dienone is 2. The first kappa shape index (κ1) is 9.04. The quantitative estimate of drug-likeness (QED) is 0.602. The van der Waals surface area contributed by atoms with Gasteiger partial charge in [-0.1, -0.05) is 36.5 Å². The summed E-state index contributed by atoms with van der Waals surface area (Å²) in [5.41, 5.74) is 1.32. The van der Waals surface area contributed by atoms with Crippen LogP contribution in [0, 0.1) is 0 Å². The number of hydrogen-bond donors (Lipinski definition) is 0. The predicted octanol–water partition coefficient (Wildman–Crippen LogP) is 0.0216. The minimum absolute atomic E-state index is 0.0139. The maximum atomic E-state index is 12.2. The van der Waals surface area contributed by atoms with Gasteiger partial charge < -0.3 is 0 Å². The third-order valence-electron chi connectivity index (χ3n) is 2.78. The van der Waals surface area contributed by atoms with Crippen LogP contribution in [-0.4, -0.2) is 0 Å². The van der Waals surface area contributed by atoms with Crippen LogP contribution in [0.15, 0.2) is 33.9 Å². The molecular weight excluding hydrogens is 200 g/mol. The molecule has 1 aromatic carbocycles. The Morgan fingerprint density at radius 2 is 1.25 bits per heavy atom. The molecule has 1 aromatic rings. The first-order valence-electron chi connectivity index (χ1n) is 5.05. The van der Waals surface area contributed by atoms with Gasteiger partial charge in [0.1, 0.15) is 0 Å². The van der Waals surface area contributed by atoms with Crippen molar-refractivity contribution in [3.05, 3.63) is 66.3 Å². The number of hydrogen-bond acceptors (Lipinski definition) is 2. The molecule has 2 nitrogen and oxygen atoms in total. The zero-order chi connectivity index (χ0) is 11.1. The Morgan fingerprint density at radius 1 is 0.750 bits per heavy atom. The van der Waals surface area contributed by atoms with Crippen molar-refractivity contribution in [1.82, 2.24) is 0 Å². The van der Waals surface area contributed by atoms with Crippen LogP contribution in [0.1, 0.15) is 11.1 Å². The van der Waals surface area contributed by atoms with E-state index >= 15 is 0 Å². The molecule has 0 aliphatic heterocycles. The summed E-state index contributed by atoms with van der Waals surface area (Å²) >= 11 is 0. The van der Waals surface area contributed by atoms with Crippen molar-refractivity contribution in [2.45, 2.75) is 0 Å². The molecule has 2 aliphatic rings. The molecule has 0 amide bonds. The fourth-order valence-corrected chi connectivity index (χ4v) is 2.03. The zero-order valence-corrected chi connectivity index (χ0v) is 8.44. The molecule has 0 bridgehead atoms. The van der Waals surface area contributed by atoms with E-state index in [-0.39, 0.29) is 10.9 Å². The van der Waals surface area contributed by atoms with Crippen molar-refractivity contribution in [1.29, 1.82) is 0 Å². The zero-order valence-electron chi connectivity index (χ0n) is 8.44. The average molecular weight is 208 g/mol. The largest absolute Gasteiger partial charge is 0.290 e. The summed E-state index contributed by atoms with van der Waals surface area (Å²) in [5.74, 6) is 0. The van der Waals surface area contributed by atoms with E-state index in [1.165, 1.54) is 12.1 Å². The van der Waals surface area contributed by atoms with Gasteiger partial charge >= 0.3 is 0 Å². The summed E-state index contributed by atoms with van der Waals surface area (Å²) in [6.45, 7) is 0. The Labute approximate surface area is 91.2 Å². The van der Waals surface area contributed by atoms with Crippen molar-refractivity contribution >= 4 is 24.3 Å². The van der Waals surface area contributed by atoms with Gasteiger partial charge in [-0.3, -0.25) is 9.59 Å². The van der Waals surface area contributed by atoms with Gasteiger partial charge in [-0.2, -0.15) is 0 Å². The van der Waals surface area contributed by atoms with Crippen LogP contribution in [0.3, 0.4) is 0 Å². The van der Waals surface area contributed by atoms with Crippen LogP contribution in [0.5, 0.6) is 0 Å². The molecular formula is C14H8O2. The van der Waals surface area contributed by atoms with Gasteiger partial charge in [0, 0.05) is 10.4 Å². The lowest BCUT2D eigenvalue weighted by atomic mass is 10.1. The molecule has 0 atom stereocenters. The molecule has 0 fully saturated rings. The van der Waals surface area contributed by atoms with E-state index in [2.05, 4.69) is 0 Å². The van der Waals surface area contributed by atoms with Crippen LogP contribution in [0.25, 0.3) is 24.3 Å². The number of rotatable bonds is 0. The van der Waals surface area contributed by atoms with E-state index in [9.17, 15) is 9.59 Å². The van der Waals surface area contributed by atoms with E-state index in [1.807, 2.05) is 0 Å². The predicted molar refractivity (Wildman–Crippen MR) is 65.2 cm³/mol. The second-order valence-electron chi connectivity index (χ2n) is 3.81. The van der Waals surface area contributed by atoms with Crippen molar-refractivity contribution < 1.29 is 0 Å². The summed E-state index contributed by atoms with van der Waals surface area (Å²) in [4.78, 5) is 23.8. The first-order chi connectivity index (χ1) is 7.75. The molecule has 0 spiro atoms. The monoisotopic (exact) mass is 208 g/mol. The third-order valence-corrected chi connectivity index (χ3v) is 2.78. The highest BCUT2D eigenvalue weighted by Gasteiger charge is 2.05. The second-order valence-corrected chi connectivity index (χ2v) is 3.81. The minimum atomic E-state index is -0.0765. The lowest BCUT2D eigenvalue weighted by molar-refractivity contribution is 1.42. The van der Waals surface area contributed by atoms with Crippen molar-refractivity contribution in [2.75, 3.05) is 0 Å². The Kier molecular flexibility index (Phi) is 1.77. The van der Waals surface area contributed by atoms with Gasteiger partial charge in [0.25, 0.3) is 0 Å². The summed E-state index contributed by atoms with van der Waals surface area (Å²) in [5, 5.41) is 1.21. The Balaban J connectivity index is 2.68. The van der Waals surface area contributed by atoms with Gasteiger partial charge in [0.2, 0.25) is 0 Å². The molecule has 76 valence electrons. The topological polar surface area (TPSA) is 34.1 Å². The highest BCUT2D eigenvalue weighted by atomic mass is 16.1. The van der Waals surface area contributed by atoms with Gasteiger partial charge in [-0.15, -0.1) is 0 Å². The average Bonchev–Trinajstić information content (AvgIpc) is 2.84. The van der Waals surface area contributed by atoms with E-state index in [4.69, 9.17) is 0 Å². The SMILES string of the molecule is O=c1cc2c(c(=O)c3c(c1)C=CC=3)=CC=C2. The Bertz CT molecular complexity index is 719. The van der Waals surface area contributed by atoms with Gasteiger partial charge in [-0.25, -0.2) is 0 Å². The van der Waals surface area contributed by atoms with E-state index < -0.39 is 0 Å². The van der Waals surface area contributed by atoms with Gasteiger partial charge in [-0.05, 0) is 23.3 Å². The van der Waals surface area contributed by atoms with E-state index in [1.54, 1.807) is 36.5 Å². The Hall–Kier alpha value is -2.22. The van der Waals surface area contributed by atoms with Gasteiger partial charge in [0.15, 0.2) is 10.9 Å². The van der Waals surface area contributed by atoms with E-state index in [0.717, 1.165) is 0 Å². The normalized spacial score (nSPS) is 14.0. The molecule has 0 unspecified atom stereocenters. The maximum absolute atomic E-state index is 12.2. The molecule has 0 aromatic heterocycles. The van der Waals surface area contributed by atoms with Crippen molar-refractivity contribution in [3.8, 4) is 0 Å². The fraction of sp³-hybridized carbons (Fsp3) is 0. The molecule has 0 radical (unpaired) electrons. The van der Waals surface area contributed by atoms with Crippen LogP contribution in [-0.2, 0) is 0 Å². The molecule has 16 heavy (non-hydrogen) atoms. The molecule has 0 N–H and O–H groups in total. The lowest BCUT2D eigenvalue weighted by Gasteiger charge is -1.89. The van der Waals surface area contributed by atoms with Crippen molar-refractivity contribution in [3.63, 3.8) is 0 Å². The van der Waals surface area contributed by atoms with E-state index in [0.29, 0.717) is 21.6 Å². The molecule has 3 rings (SSSR count). The van der Waals surface area contributed by atoms with Crippen LogP contribution in [0.2, 0.25) is 0 Å². The lowest BCUT2D eigenvalue weighted by Crippen LogP contribution is -2.38. The minimum Gasteiger partial charge on any atom is -0.290 e. The molecule has 2 heteroatoms. The highest BCUT2D eigenvalue weighted by molar-refractivity contribution is 5.69. The summed E-state index contributed by atoms with van der Waals surface area (Å²) < 4.78 is 0. The van der Waals surface area contributed by atoms with Crippen molar-refractivity contribution in [2.24, 2.45) is 0 Å². The Morgan fingerprint density at radius 3 is 1.75 bits per heavy atom. The summed E-state index contributed by atoms with van der Waals surface area (Å²) in [7, 11) is 0. The smallest absolute Gasteiger partial charge is 0.194 e. The first-order valence-corrected chi connectivity index (χ1v) is 5.05. The molecule has 0 saturated carbocycles. The fourth-order valence-electron chi connectivity index (χ4n) is 2.03.